The third-order valence-corrected chi connectivity index (χ3v) is 6.22. The molecule has 1 aliphatic heterocycles. The van der Waals surface area contributed by atoms with Gasteiger partial charge in [-0.3, -0.25) is 9.78 Å². The molecule has 8 nitrogen and oxygen atoms in total. The minimum atomic E-state index is -0.776. The van der Waals surface area contributed by atoms with Crippen molar-refractivity contribution in [2.24, 2.45) is 0 Å². The summed E-state index contributed by atoms with van der Waals surface area (Å²) >= 11 is 0. The first kappa shape index (κ1) is 25.0. The van der Waals surface area contributed by atoms with E-state index in [1.807, 2.05) is 24.3 Å². The van der Waals surface area contributed by atoms with Crippen LogP contribution < -0.4 is 20.1 Å². The molecule has 2 aromatic carbocycles. The minimum Gasteiger partial charge on any atom is -0.493 e. The molecular weight excluding hydrogens is 463 g/mol. The number of aromatic nitrogens is 1. The minimum absolute atomic E-state index is 0.261. The van der Waals surface area contributed by atoms with Crippen LogP contribution in [-0.4, -0.2) is 48.6 Å². The third kappa shape index (κ3) is 5.40. The fourth-order valence-corrected chi connectivity index (χ4v) is 4.34. The van der Waals surface area contributed by atoms with E-state index in [4.69, 9.17) is 9.47 Å². The zero-order chi connectivity index (χ0) is 25.7. The van der Waals surface area contributed by atoms with Gasteiger partial charge in [0.15, 0.2) is 11.5 Å². The van der Waals surface area contributed by atoms with E-state index >= 15 is 0 Å². The van der Waals surface area contributed by atoms with Gasteiger partial charge in [0.2, 0.25) is 5.91 Å². The molecule has 0 spiro atoms. The molecule has 3 aromatic rings. The normalized spacial score (nSPS) is 15.4. The quantitative estimate of drug-likeness (QED) is 0.526. The molecule has 0 bridgehead atoms. The summed E-state index contributed by atoms with van der Waals surface area (Å²) in [6, 6.07) is 13.6. The number of methoxy groups -OCH3 is 2. The second kappa shape index (κ2) is 11.1. The molecule has 3 amide bonds. The van der Waals surface area contributed by atoms with Crippen molar-refractivity contribution in [1.29, 1.82) is 0 Å². The highest BCUT2D eigenvalue weighted by atomic mass is 19.1. The van der Waals surface area contributed by atoms with E-state index in [2.05, 4.69) is 15.6 Å². The molecule has 0 saturated carbocycles. The molecular formula is C27H29FN4O4. The lowest BCUT2D eigenvalue weighted by molar-refractivity contribution is -0.122. The van der Waals surface area contributed by atoms with Gasteiger partial charge in [0.25, 0.3) is 0 Å². The number of fused-ring (bicyclic) bond motifs is 1. The lowest BCUT2D eigenvalue weighted by Crippen LogP contribution is -2.52. The van der Waals surface area contributed by atoms with E-state index in [9.17, 15) is 14.0 Å². The summed E-state index contributed by atoms with van der Waals surface area (Å²) in [7, 11) is 3.13. The van der Waals surface area contributed by atoms with Crippen molar-refractivity contribution < 1.29 is 23.5 Å². The van der Waals surface area contributed by atoms with Gasteiger partial charge in [0.1, 0.15) is 11.9 Å². The molecule has 2 N–H and O–H groups in total. The predicted molar refractivity (Wildman–Crippen MR) is 132 cm³/mol. The van der Waals surface area contributed by atoms with Crippen molar-refractivity contribution in [3.63, 3.8) is 0 Å². The monoisotopic (exact) mass is 492 g/mol. The number of nitrogens with one attached hydrogen (secondary N) is 2. The standard InChI is InChI=1S/C27H29FN4O4/c1-17(26(33)30-16-21-6-4-5-12-29-21)31-27(34)32-13-11-19-14-23(35-2)24(36-3)15-22(19)25(32)18-7-9-20(28)10-8-18/h4-10,12,14-15,17,25H,11,13,16H2,1-3H3,(H,30,33)(H,31,34)/t17-,25+/m0/s1. The van der Waals surface area contributed by atoms with Crippen LogP contribution in [0.1, 0.15) is 35.3 Å². The smallest absolute Gasteiger partial charge is 0.318 e. The number of rotatable bonds is 7. The summed E-state index contributed by atoms with van der Waals surface area (Å²) in [4.78, 5) is 31.9. The first-order chi connectivity index (χ1) is 17.4. The number of pyridine rings is 1. The molecule has 0 fully saturated rings. The second-order valence-electron chi connectivity index (χ2n) is 8.51. The fraction of sp³-hybridized carbons (Fsp3) is 0.296. The largest absolute Gasteiger partial charge is 0.493 e. The third-order valence-electron chi connectivity index (χ3n) is 6.22. The van der Waals surface area contributed by atoms with Gasteiger partial charge in [0, 0.05) is 12.7 Å². The number of carbonyl (C=O) groups excluding carboxylic acids is 2. The van der Waals surface area contributed by atoms with Crippen LogP contribution in [0.25, 0.3) is 0 Å². The maximum Gasteiger partial charge on any atom is 0.318 e. The van der Waals surface area contributed by atoms with Crippen LogP contribution in [0.4, 0.5) is 9.18 Å². The molecule has 188 valence electrons. The van der Waals surface area contributed by atoms with Crippen molar-refractivity contribution in [2.45, 2.75) is 32.0 Å². The molecule has 0 radical (unpaired) electrons. The SMILES string of the molecule is COc1cc2c(cc1OC)[C@@H](c1ccc(F)cc1)N(C(=O)N[C@@H](C)C(=O)NCc1ccccn1)CC2. The number of urea groups is 1. The molecule has 36 heavy (non-hydrogen) atoms. The van der Waals surface area contributed by atoms with Crippen molar-refractivity contribution >= 4 is 11.9 Å². The van der Waals surface area contributed by atoms with Gasteiger partial charge in [-0.1, -0.05) is 18.2 Å². The Morgan fingerprint density at radius 3 is 2.50 bits per heavy atom. The zero-order valence-electron chi connectivity index (χ0n) is 20.5. The number of benzene rings is 2. The lowest BCUT2D eigenvalue weighted by Gasteiger charge is -2.38. The van der Waals surface area contributed by atoms with Crippen molar-refractivity contribution in [2.75, 3.05) is 20.8 Å². The number of ether oxygens (including phenoxy) is 2. The van der Waals surface area contributed by atoms with Crippen LogP contribution in [0.15, 0.2) is 60.8 Å². The Balaban J connectivity index is 1.57. The van der Waals surface area contributed by atoms with Crippen molar-refractivity contribution in [1.82, 2.24) is 20.5 Å². The first-order valence-electron chi connectivity index (χ1n) is 11.7. The average molecular weight is 493 g/mol. The number of halogens is 1. The van der Waals surface area contributed by atoms with Crippen LogP contribution >= 0.6 is 0 Å². The molecule has 1 aliphatic rings. The highest BCUT2D eigenvalue weighted by molar-refractivity contribution is 5.87. The summed E-state index contributed by atoms with van der Waals surface area (Å²) in [5, 5.41) is 5.60. The van der Waals surface area contributed by atoms with E-state index in [1.165, 1.54) is 12.1 Å². The lowest BCUT2D eigenvalue weighted by atomic mass is 9.88. The zero-order valence-corrected chi connectivity index (χ0v) is 20.5. The highest BCUT2D eigenvalue weighted by Gasteiger charge is 2.34. The van der Waals surface area contributed by atoms with Gasteiger partial charge in [-0.15, -0.1) is 0 Å². The maximum absolute atomic E-state index is 13.7. The molecule has 0 unspecified atom stereocenters. The average Bonchev–Trinajstić information content (AvgIpc) is 2.91. The van der Waals surface area contributed by atoms with Crippen LogP contribution in [0.5, 0.6) is 11.5 Å². The van der Waals surface area contributed by atoms with E-state index in [0.717, 1.165) is 22.4 Å². The van der Waals surface area contributed by atoms with E-state index < -0.39 is 18.1 Å². The van der Waals surface area contributed by atoms with Crippen LogP contribution in [0.3, 0.4) is 0 Å². The molecule has 0 aliphatic carbocycles. The number of nitrogens with zero attached hydrogens (tertiary/aromatic N) is 2. The molecule has 2 atom stereocenters. The van der Waals surface area contributed by atoms with Crippen LogP contribution in [0, 0.1) is 5.82 Å². The van der Waals surface area contributed by atoms with E-state index in [1.54, 1.807) is 50.4 Å². The molecule has 9 heteroatoms. The van der Waals surface area contributed by atoms with Crippen molar-refractivity contribution in [3.05, 3.63) is 89.0 Å². The van der Waals surface area contributed by atoms with E-state index in [-0.39, 0.29) is 18.3 Å². The summed E-state index contributed by atoms with van der Waals surface area (Å²) in [6.45, 7) is 2.29. The van der Waals surface area contributed by atoms with Crippen LogP contribution in [-0.2, 0) is 17.8 Å². The summed E-state index contributed by atoms with van der Waals surface area (Å²) in [5.74, 6) is 0.450. The van der Waals surface area contributed by atoms with Gasteiger partial charge in [-0.25, -0.2) is 9.18 Å². The fourth-order valence-electron chi connectivity index (χ4n) is 4.34. The number of carbonyl (C=O) groups is 2. The second-order valence-corrected chi connectivity index (χ2v) is 8.51. The number of hydrogen-bond acceptors (Lipinski definition) is 5. The summed E-state index contributed by atoms with van der Waals surface area (Å²) < 4.78 is 24.7. The van der Waals surface area contributed by atoms with E-state index in [0.29, 0.717) is 24.5 Å². The Kier molecular flexibility index (Phi) is 7.68. The van der Waals surface area contributed by atoms with Gasteiger partial charge in [0.05, 0.1) is 32.5 Å². The molecule has 2 heterocycles. The van der Waals surface area contributed by atoms with Crippen LogP contribution in [0.2, 0.25) is 0 Å². The summed E-state index contributed by atoms with van der Waals surface area (Å²) in [5.41, 5.74) is 3.32. The molecule has 4 rings (SSSR count). The van der Waals surface area contributed by atoms with Gasteiger partial charge >= 0.3 is 6.03 Å². The Hall–Kier alpha value is -4.14. The molecule has 1 aromatic heterocycles. The van der Waals surface area contributed by atoms with Gasteiger partial charge in [-0.2, -0.15) is 0 Å². The Morgan fingerprint density at radius 2 is 1.83 bits per heavy atom. The summed E-state index contributed by atoms with van der Waals surface area (Å²) in [6.07, 6.45) is 2.24. The topological polar surface area (TPSA) is 92.8 Å². The Bertz CT molecular complexity index is 1220. The van der Waals surface area contributed by atoms with Gasteiger partial charge < -0.3 is 25.0 Å². The Morgan fingerprint density at radius 1 is 1.11 bits per heavy atom. The number of hydrogen-bond donors (Lipinski definition) is 2. The van der Waals surface area contributed by atoms with Gasteiger partial charge in [-0.05, 0) is 66.4 Å². The number of amides is 3. The first-order valence-corrected chi connectivity index (χ1v) is 11.7. The highest BCUT2D eigenvalue weighted by Crippen LogP contribution is 2.41. The predicted octanol–water partition coefficient (Wildman–Crippen LogP) is 3.60. The molecule has 0 saturated heterocycles. The van der Waals surface area contributed by atoms with Crippen molar-refractivity contribution in [3.8, 4) is 11.5 Å². The maximum atomic E-state index is 13.7. The Labute approximate surface area is 209 Å².